The molecule has 6 atom stereocenters. The number of hydrogen-bond acceptors (Lipinski definition) is 6. The first-order chi connectivity index (χ1) is 9.00. The number of aliphatic hydroxyl groups is 2. The van der Waals surface area contributed by atoms with Crippen LogP contribution in [0.25, 0.3) is 0 Å². The molecule has 1 aliphatic carbocycles. The molecule has 0 radical (unpaired) electrons. The molecule has 4 N–H and O–H groups in total. The van der Waals surface area contributed by atoms with Crippen LogP contribution in [0.2, 0.25) is 0 Å². The third-order valence-electron chi connectivity index (χ3n) is 3.83. The van der Waals surface area contributed by atoms with Crippen LogP contribution in [-0.2, 0) is 0 Å². The first-order valence-electron chi connectivity index (χ1n) is 6.00. The fraction of sp³-hybridized carbons (Fsp3) is 0.636. The molecule has 8 heteroatoms. The van der Waals surface area contributed by atoms with Crippen molar-refractivity contribution in [3.05, 3.63) is 12.0 Å². The number of nitrogens with two attached hydrogens (primary N) is 1. The minimum atomic E-state index is -1.46. The van der Waals surface area contributed by atoms with Crippen molar-refractivity contribution < 1.29 is 19.0 Å². The molecule has 2 aliphatic heterocycles. The summed E-state index contributed by atoms with van der Waals surface area (Å²) in [4.78, 5) is 8.99. The molecule has 0 aromatic heterocycles. The zero-order valence-corrected chi connectivity index (χ0v) is 9.90. The van der Waals surface area contributed by atoms with Gasteiger partial charge in [-0.3, -0.25) is 4.99 Å². The number of hydrogen-bond donors (Lipinski definition) is 3. The Morgan fingerprint density at radius 3 is 2.79 bits per heavy atom. The lowest BCUT2D eigenvalue weighted by Gasteiger charge is -2.35. The van der Waals surface area contributed by atoms with E-state index in [-0.39, 0.29) is 12.3 Å². The quantitative estimate of drug-likeness (QED) is 0.575. The number of halogens is 2. The van der Waals surface area contributed by atoms with Crippen molar-refractivity contribution in [1.82, 2.24) is 4.90 Å². The summed E-state index contributed by atoms with van der Waals surface area (Å²) in [7, 11) is 0. The number of aliphatic imine (C=N–C) groups is 2. The smallest absolute Gasteiger partial charge is 0.143 e. The van der Waals surface area contributed by atoms with Gasteiger partial charge in [-0.2, -0.15) is 0 Å². The second kappa shape index (κ2) is 4.24. The zero-order chi connectivity index (χ0) is 13.7. The molecule has 0 amide bonds. The Morgan fingerprint density at radius 1 is 1.42 bits per heavy atom. The van der Waals surface area contributed by atoms with Crippen LogP contribution in [0.5, 0.6) is 0 Å². The lowest BCUT2D eigenvalue weighted by Crippen LogP contribution is -2.54. The lowest BCUT2D eigenvalue weighted by atomic mass is 10.0. The van der Waals surface area contributed by atoms with Crippen LogP contribution in [0.15, 0.2) is 22.0 Å². The van der Waals surface area contributed by atoms with Gasteiger partial charge in [-0.1, -0.05) is 0 Å². The number of amidine groups is 1. The van der Waals surface area contributed by atoms with Crippen molar-refractivity contribution in [2.45, 2.75) is 42.9 Å². The molecule has 6 nitrogen and oxygen atoms in total. The molecule has 3 rings (SSSR count). The van der Waals surface area contributed by atoms with Crippen LogP contribution < -0.4 is 5.73 Å². The predicted molar refractivity (Wildman–Crippen MR) is 64.0 cm³/mol. The molecule has 1 fully saturated rings. The van der Waals surface area contributed by atoms with E-state index in [0.29, 0.717) is 0 Å². The van der Waals surface area contributed by atoms with Crippen LogP contribution in [0.3, 0.4) is 0 Å². The Hall–Kier alpha value is -1.54. The van der Waals surface area contributed by atoms with Crippen LogP contribution in [0, 0.1) is 0 Å². The zero-order valence-electron chi connectivity index (χ0n) is 9.90. The third kappa shape index (κ3) is 1.74. The molecule has 3 unspecified atom stereocenters. The Balaban J connectivity index is 1.90. The summed E-state index contributed by atoms with van der Waals surface area (Å²) in [5.74, 6) is -0.439. The molecule has 0 saturated heterocycles. The number of rotatable bonds is 1. The van der Waals surface area contributed by atoms with Crippen molar-refractivity contribution in [3.63, 3.8) is 0 Å². The predicted octanol–water partition coefficient (Wildman–Crippen LogP) is -0.919. The number of aliphatic hydroxyl groups excluding tert-OH is 2. The molecule has 0 aromatic rings. The molecule has 0 spiro atoms. The van der Waals surface area contributed by atoms with Gasteiger partial charge in [0.1, 0.15) is 36.0 Å². The molecule has 1 saturated carbocycles. The summed E-state index contributed by atoms with van der Waals surface area (Å²) in [6, 6.07) is -2.62. The van der Waals surface area contributed by atoms with Crippen molar-refractivity contribution in [1.29, 1.82) is 0 Å². The minimum absolute atomic E-state index is 0.147. The van der Waals surface area contributed by atoms with Crippen LogP contribution >= 0.6 is 0 Å². The fourth-order valence-electron chi connectivity index (χ4n) is 2.86. The number of fused-ring (bicyclic) bond motifs is 1. The molecular formula is C11H14F2N4O2. The van der Waals surface area contributed by atoms with Crippen molar-refractivity contribution in [2.75, 3.05) is 0 Å². The maximum absolute atomic E-state index is 13.9. The van der Waals surface area contributed by atoms with Crippen LogP contribution in [0.1, 0.15) is 6.42 Å². The molecule has 2 heterocycles. The Morgan fingerprint density at radius 2 is 2.16 bits per heavy atom. The Kier molecular flexibility index (Phi) is 2.79. The normalized spacial score (nSPS) is 45.2. The SMILES string of the molecule is NC1=NC=C(F)C2C1N=CN2[C@@H]1C(F)C[C@@H](O)[C@H]1O. The molecule has 0 bridgehead atoms. The Bertz CT molecular complexity index is 481. The number of nitrogens with zero attached hydrogens (tertiary/aromatic N) is 3. The Labute approximate surface area is 107 Å². The largest absolute Gasteiger partial charge is 0.390 e. The van der Waals surface area contributed by atoms with E-state index in [9.17, 15) is 19.0 Å². The van der Waals surface area contributed by atoms with E-state index in [1.807, 2.05) is 0 Å². The van der Waals surface area contributed by atoms with Crippen molar-refractivity contribution in [3.8, 4) is 0 Å². The maximum atomic E-state index is 13.9. The highest BCUT2D eigenvalue weighted by atomic mass is 19.1. The van der Waals surface area contributed by atoms with Crippen molar-refractivity contribution >= 4 is 12.2 Å². The van der Waals surface area contributed by atoms with Crippen LogP contribution in [0.4, 0.5) is 8.78 Å². The van der Waals surface area contributed by atoms with Gasteiger partial charge in [-0.05, 0) is 0 Å². The standard InChI is InChI=1S/C11H14F2N4O2/c12-4-1-6(18)10(19)9(4)17-3-16-7-8(17)5(13)2-15-11(7)14/h2-4,6-10,18-19H,1H2,(H2,14,15)/t4?,6-,7?,8?,9-,10-/m1/s1. The number of alkyl halides is 1. The molecule has 0 aromatic carbocycles. The summed E-state index contributed by atoms with van der Waals surface area (Å²) in [5.41, 5.74) is 5.63. The van der Waals surface area contributed by atoms with E-state index >= 15 is 0 Å². The van der Waals surface area contributed by atoms with Gasteiger partial charge in [0.05, 0.1) is 24.7 Å². The molecular weight excluding hydrogens is 258 g/mol. The topological polar surface area (TPSA) is 94.4 Å². The monoisotopic (exact) mass is 272 g/mol. The second-order valence-electron chi connectivity index (χ2n) is 4.97. The van der Waals surface area contributed by atoms with E-state index in [0.717, 1.165) is 6.20 Å². The summed E-state index contributed by atoms with van der Waals surface area (Å²) < 4.78 is 27.8. The van der Waals surface area contributed by atoms with E-state index < -0.39 is 42.3 Å². The molecule has 104 valence electrons. The third-order valence-corrected chi connectivity index (χ3v) is 3.83. The highest BCUT2D eigenvalue weighted by Gasteiger charge is 2.51. The first kappa shape index (κ1) is 12.5. The van der Waals surface area contributed by atoms with Gasteiger partial charge in [0.2, 0.25) is 0 Å². The highest BCUT2D eigenvalue weighted by Crippen LogP contribution is 2.34. The lowest BCUT2D eigenvalue weighted by molar-refractivity contribution is 0.00635. The summed E-state index contributed by atoms with van der Waals surface area (Å²) in [5, 5.41) is 19.3. The maximum Gasteiger partial charge on any atom is 0.143 e. The van der Waals surface area contributed by atoms with Gasteiger partial charge in [0.25, 0.3) is 0 Å². The van der Waals surface area contributed by atoms with Gasteiger partial charge in [-0.25, -0.2) is 13.8 Å². The fourth-order valence-corrected chi connectivity index (χ4v) is 2.86. The first-order valence-corrected chi connectivity index (χ1v) is 6.00. The van der Waals surface area contributed by atoms with Crippen LogP contribution in [-0.4, -0.2) is 63.8 Å². The van der Waals surface area contributed by atoms with E-state index in [2.05, 4.69) is 9.98 Å². The van der Waals surface area contributed by atoms with E-state index in [1.165, 1.54) is 11.2 Å². The average molecular weight is 272 g/mol. The van der Waals surface area contributed by atoms with E-state index in [4.69, 9.17) is 5.73 Å². The molecule has 3 aliphatic rings. The van der Waals surface area contributed by atoms with Gasteiger partial charge in [0, 0.05) is 6.42 Å². The van der Waals surface area contributed by atoms with Gasteiger partial charge in [-0.15, -0.1) is 0 Å². The van der Waals surface area contributed by atoms with Gasteiger partial charge in [0.15, 0.2) is 0 Å². The van der Waals surface area contributed by atoms with Gasteiger partial charge >= 0.3 is 0 Å². The summed E-state index contributed by atoms with van der Waals surface area (Å²) in [6.45, 7) is 0. The summed E-state index contributed by atoms with van der Waals surface area (Å²) in [6.07, 6.45) is -1.83. The van der Waals surface area contributed by atoms with E-state index in [1.54, 1.807) is 0 Å². The van der Waals surface area contributed by atoms with Crippen molar-refractivity contribution in [2.24, 2.45) is 15.7 Å². The van der Waals surface area contributed by atoms with Gasteiger partial charge < -0.3 is 20.8 Å². The average Bonchev–Trinajstić information content (AvgIpc) is 2.88. The summed E-state index contributed by atoms with van der Waals surface area (Å²) >= 11 is 0. The molecule has 19 heavy (non-hydrogen) atoms. The highest BCUT2D eigenvalue weighted by molar-refractivity contribution is 5.91. The second-order valence-corrected chi connectivity index (χ2v) is 4.97. The minimum Gasteiger partial charge on any atom is -0.390 e.